The SMILES string of the molecule is CCC(C)c1ccc(C(O)CCN(CC)CCC(=O)O)cc1. The number of hydrogen-bond donors (Lipinski definition) is 2. The number of carboxylic acid groups (broad SMARTS) is 1. The topological polar surface area (TPSA) is 60.8 Å². The van der Waals surface area contributed by atoms with Crippen molar-refractivity contribution in [3.8, 4) is 0 Å². The second-order valence-electron chi connectivity index (χ2n) is 5.86. The molecule has 0 bridgehead atoms. The fourth-order valence-electron chi connectivity index (χ4n) is 2.44. The van der Waals surface area contributed by atoms with Crippen LogP contribution in [-0.4, -0.2) is 40.7 Å². The molecule has 0 saturated carbocycles. The van der Waals surface area contributed by atoms with Gasteiger partial charge in [-0.3, -0.25) is 4.79 Å². The van der Waals surface area contributed by atoms with Crippen LogP contribution in [0.1, 0.15) is 63.2 Å². The fraction of sp³-hybridized carbons (Fsp3) is 0.611. The molecule has 2 N–H and O–H groups in total. The van der Waals surface area contributed by atoms with E-state index >= 15 is 0 Å². The van der Waals surface area contributed by atoms with E-state index in [1.54, 1.807) is 0 Å². The summed E-state index contributed by atoms with van der Waals surface area (Å²) in [6.45, 7) is 8.42. The number of aliphatic hydroxyl groups is 1. The Morgan fingerprint density at radius 2 is 1.73 bits per heavy atom. The average Bonchev–Trinajstić information content (AvgIpc) is 2.53. The Hall–Kier alpha value is -1.39. The van der Waals surface area contributed by atoms with Gasteiger partial charge in [0.05, 0.1) is 12.5 Å². The van der Waals surface area contributed by atoms with Gasteiger partial charge in [0.15, 0.2) is 0 Å². The van der Waals surface area contributed by atoms with Crippen LogP contribution in [0.2, 0.25) is 0 Å². The lowest BCUT2D eigenvalue weighted by molar-refractivity contribution is -0.137. The molecule has 2 atom stereocenters. The maximum absolute atomic E-state index is 10.6. The van der Waals surface area contributed by atoms with Crippen LogP contribution in [0.4, 0.5) is 0 Å². The van der Waals surface area contributed by atoms with Crippen molar-refractivity contribution in [2.75, 3.05) is 19.6 Å². The quantitative estimate of drug-likeness (QED) is 0.695. The standard InChI is InChI=1S/C18H29NO3/c1-4-14(3)15-6-8-16(9-7-15)17(20)10-12-19(5-2)13-11-18(21)22/h6-9,14,17,20H,4-5,10-13H2,1-3H3,(H,21,22). The van der Waals surface area contributed by atoms with Crippen molar-refractivity contribution >= 4 is 5.97 Å². The molecule has 0 fully saturated rings. The normalized spacial score (nSPS) is 14.0. The van der Waals surface area contributed by atoms with Gasteiger partial charge in [0.25, 0.3) is 0 Å². The Balaban J connectivity index is 2.50. The number of aliphatic hydroxyl groups excluding tert-OH is 1. The largest absolute Gasteiger partial charge is 0.481 e. The molecule has 0 spiro atoms. The summed E-state index contributed by atoms with van der Waals surface area (Å²) in [6, 6.07) is 8.18. The van der Waals surface area contributed by atoms with Crippen LogP contribution < -0.4 is 0 Å². The van der Waals surface area contributed by atoms with Gasteiger partial charge in [-0.2, -0.15) is 0 Å². The first-order valence-corrected chi connectivity index (χ1v) is 8.19. The molecule has 4 nitrogen and oxygen atoms in total. The first kappa shape index (κ1) is 18.7. The molecule has 0 amide bonds. The zero-order chi connectivity index (χ0) is 16.5. The molecular formula is C18H29NO3. The molecule has 124 valence electrons. The van der Waals surface area contributed by atoms with Crippen LogP contribution >= 0.6 is 0 Å². The molecule has 22 heavy (non-hydrogen) atoms. The minimum atomic E-state index is -0.778. The predicted molar refractivity (Wildman–Crippen MR) is 89.1 cm³/mol. The van der Waals surface area contributed by atoms with E-state index in [1.807, 2.05) is 19.1 Å². The summed E-state index contributed by atoms with van der Waals surface area (Å²) in [7, 11) is 0. The van der Waals surface area contributed by atoms with Crippen LogP contribution in [0, 0.1) is 0 Å². The minimum Gasteiger partial charge on any atom is -0.481 e. The second kappa shape index (κ2) is 9.59. The predicted octanol–water partition coefficient (Wildman–Crippen LogP) is 3.42. The zero-order valence-corrected chi connectivity index (χ0v) is 14.0. The van der Waals surface area contributed by atoms with Gasteiger partial charge in [0, 0.05) is 13.1 Å². The maximum atomic E-state index is 10.6. The number of carboxylic acids is 1. The van der Waals surface area contributed by atoms with Crippen molar-refractivity contribution in [2.24, 2.45) is 0 Å². The van der Waals surface area contributed by atoms with Crippen LogP contribution in [0.5, 0.6) is 0 Å². The number of benzene rings is 1. The minimum absolute atomic E-state index is 0.146. The Labute approximate surface area is 133 Å². The molecule has 0 heterocycles. The summed E-state index contributed by atoms with van der Waals surface area (Å²) in [5.74, 6) is -0.238. The summed E-state index contributed by atoms with van der Waals surface area (Å²) in [6.07, 6.45) is 1.38. The highest BCUT2D eigenvalue weighted by atomic mass is 16.4. The highest BCUT2D eigenvalue weighted by Gasteiger charge is 2.12. The smallest absolute Gasteiger partial charge is 0.304 e. The van der Waals surface area contributed by atoms with Gasteiger partial charge in [0.1, 0.15) is 0 Å². The molecule has 0 aliphatic heterocycles. The van der Waals surface area contributed by atoms with E-state index in [0.717, 1.165) is 18.5 Å². The number of hydrogen-bond acceptors (Lipinski definition) is 3. The van der Waals surface area contributed by atoms with E-state index in [9.17, 15) is 9.90 Å². The molecule has 0 aliphatic carbocycles. The lowest BCUT2D eigenvalue weighted by Gasteiger charge is -2.21. The van der Waals surface area contributed by atoms with Gasteiger partial charge >= 0.3 is 5.97 Å². The van der Waals surface area contributed by atoms with Crippen LogP contribution in [0.3, 0.4) is 0 Å². The first-order chi connectivity index (χ1) is 10.5. The second-order valence-corrected chi connectivity index (χ2v) is 5.86. The fourth-order valence-corrected chi connectivity index (χ4v) is 2.44. The maximum Gasteiger partial charge on any atom is 0.304 e. The summed E-state index contributed by atoms with van der Waals surface area (Å²) < 4.78 is 0. The summed E-state index contributed by atoms with van der Waals surface area (Å²) in [5.41, 5.74) is 2.23. The third-order valence-corrected chi connectivity index (χ3v) is 4.31. The van der Waals surface area contributed by atoms with Gasteiger partial charge in [-0.1, -0.05) is 45.0 Å². The van der Waals surface area contributed by atoms with E-state index in [1.165, 1.54) is 5.56 Å². The van der Waals surface area contributed by atoms with Crippen LogP contribution in [0.15, 0.2) is 24.3 Å². The van der Waals surface area contributed by atoms with Crippen molar-refractivity contribution in [3.63, 3.8) is 0 Å². The molecule has 4 heteroatoms. The lowest BCUT2D eigenvalue weighted by atomic mass is 9.96. The van der Waals surface area contributed by atoms with Gasteiger partial charge in [-0.05, 0) is 36.4 Å². The van der Waals surface area contributed by atoms with Crippen molar-refractivity contribution < 1.29 is 15.0 Å². The zero-order valence-electron chi connectivity index (χ0n) is 14.0. The number of aliphatic carboxylic acids is 1. The Bertz CT molecular complexity index is 444. The molecule has 0 radical (unpaired) electrons. The number of rotatable bonds is 10. The van der Waals surface area contributed by atoms with Crippen LogP contribution in [-0.2, 0) is 4.79 Å². The van der Waals surface area contributed by atoms with Gasteiger partial charge < -0.3 is 15.1 Å². The summed E-state index contributed by atoms with van der Waals surface area (Å²) >= 11 is 0. The molecule has 0 aromatic heterocycles. The van der Waals surface area contributed by atoms with Gasteiger partial charge in [-0.25, -0.2) is 0 Å². The van der Waals surface area contributed by atoms with Crippen molar-refractivity contribution in [3.05, 3.63) is 35.4 Å². The molecule has 1 rings (SSSR count). The average molecular weight is 307 g/mol. The third-order valence-electron chi connectivity index (χ3n) is 4.31. The summed E-state index contributed by atoms with van der Waals surface area (Å²) in [5, 5.41) is 19.0. The van der Waals surface area contributed by atoms with Crippen LogP contribution in [0.25, 0.3) is 0 Å². The summed E-state index contributed by atoms with van der Waals surface area (Å²) in [4.78, 5) is 12.7. The van der Waals surface area contributed by atoms with Crippen molar-refractivity contribution in [1.29, 1.82) is 0 Å². The third kappa shape index (κ3) is 6.16. The van der Waals surface area contributed by atoms with E-state index in [2.05, 4.69) is 30.9 Å². The van der Waals surface area contributed by atoms with E-state index in [4.69, 9.17) is 5.11 Å². The lowest BCUT2D eigenvalue weighted by Crippen LogP contribution is -2.28. The molecule has 2 unspecified atom stereocenters. The number of nitrogens with zero attached hydrogens (tertiary/aromatic N) is 1. The highest BCUT2D eigenvalue weighted by molar-refractivity contribution is 5.66. The Morgan fingerprint density at radius 3 is 2.23 bits per heavy atom. The molecule has 1 aromatic rings. The molecule has 1 aromatic carbocycles. The highest BCUT2D eigenvalue weighted by Crippen LogP contribution is 2.22. The van der Waals surface area contributed by atoms with E-state index < -0.39 is 12.1 Å². The molecule has 0 aliphatic rings. The monoisotopic (exact) mass is 307 g/mol. The van der Waals surface area contributed by atoms with E-state index in [-0.39, 0.29) is 6.42 Å². The van der Waals surface area contributed by atoms with Crippen molar-refractivity contribution in [1.82, 2.24) is 4.90 Å². The number of carbonyl (C=O) groups is 1. The van der Waals surface area contributed by atoms with E-state index in [0.29, 0.717) is 25.4 Å². The first-order valence-electron chi connectivity index (χ1n) is 8.19. The molecular weight excluding hydrogens is 278 g/mol. The molecule has 0 saturated heterocycles. The Morgan fingerprint density at radius 1 is 1.14 bits per heavy atom. The Kier molecular flexibility index (Phi) is 8.13. The van der Waals surface area contributed by atoms with Gasteiger partial charge in [0.2, 0.25) is 0 Å². The van der Waals surface area contributed by atoms with Gasteiger partial charge in [-0.15, -0.1) is 0 Å². The van der Waals surface area contributed by atoms with Crippen molar-refractivity contribution in [2.45, 2.75) is 52.1 Å².